The molecule has 7 heteroatoms. The number of carbonyl (C=O) groups is 1. The minimum absolute atomic E-state index is 0.0825. The van der Waals surface area contributed by atoms with Gasteiger partial charge in [0.25, 0.3) is 5.91 Å². The van der Waals surface area contributed by atoms with Gasteiger partial charge in [-0.2, -0.15) is 0 Å². The summed E-state index contributed by atoms with van der Waals surface area (Å²) in [4.78, 5) is 24.3. The Balaban J connectivity index is 1.39. The number of likely N-dealkylation sites (tertiary alicyclic amines) is 1. The number of nitrogens with zero attached hydrogens (tertiary/aromatic N) is 4. The zero-order chi connectivity index (χ0) is 22.2. The maximum absolute atomic E-state index is 13.3. The molecule has 1 aliphatic rings. The molecule has 1 aliphatic heterocycles. The van der Waals surface area contributed by atoms with Gasteiger partial charge >= 0.3 is 0 Å². The molecule has 32 heavy (non-hydrogen) atoms. The van der Waals surface area contributed by atoms with Gasteiger partial charge in [0.1, 0.15) is 17.2 Å². The molecule has 0 N–H and O–H groups in total. The fourth-order valence-electron chi connectivity index (χ4n) is 4.35. The first-order chi connectivity index (χ1) is 15.5. The summed E-state index contributed by atoms with van der Waals surface area (Å²) in [6.07, 6.45) is 5.33. The van der Waals surface area contributed by atoms with E-state index in [2.05, 4.69) is 11.1 Å². The van der Waals surface area contributed by atoms with Crippen LogP contribution in [0.15, 0.2) is 60.9 Å². The summed E-state index contributed by atoms with van der Waals surface area (Å²) in [5.74, 6) is -0.199. The molecule has 5 nitrogen and oxygen atoms in total. The van der Waals surface area contributed by atoms with Crippen LogP contribution in [0.2, 0.25) is 5.02 Å². The van der Waals surface area contributed by atoms with Crippen molar-refractivity contribution in [3.63, 3.8) is 0 Å². The van der Waals surface area contributed by atoms with E-state index >= 15 is 0 Å². The van der Waals surface area contributed by atoms with Crippen LogP contribution in [-0.2, 0) is 0 Å². The highest BCUT2D eigenvalue weighted by Gasteiger charge is 2.28. The highest BCUT2D eigenvalue weighted by Crippen LogP contribution is 2.30. The standard InChI is InChI=1S/C25H22ClFN4O/c1-16-11-19(17-4-7-21(27)8-5-17)12-22(28-16)18-3-2-10-30(13-18)25(32)23-15-31-14-20(26)6-9-24(31)29-23/h4-9,11-12,14-15,18H,2-3,10,13H2,1H3. The van der Waals surface area contributed by atoms with Gasteiger partial charge in [0, 0.05) is 42.8 Å². The number of aryl methyl sites for hydroxylation is 1. The van der Waals surface area contributed by atoms with E-state index < -0.39 is 0 Å². The minimum atomic E-state index is -0.254. The first kappa shape index (κ1) is 20.6. The highest BCUT2D eigenvalue weighted by molar-refractivity contribution is 6.30. The molecular weight excluding hydrogens is 427 g/mol. The molecule has 4 aromatic rings. The van der Waals surface area contributed by atoms with Crippen LogP contribution in [0, 0.1) is 12.7 Å². The average molecular weight is 449 g/mol. The van der Waals surface area contributed by atoms with Crippen LogP contribution in [-0.4, -0.2) is 38.3 Å². The van der Waals surface area contributed by atoms with Gasteiger partial charge in [-0.05, 0) is 67.3 Å². The predicted molar refractivity (Wildman–Crippen MR) is 122 cm³/mol. The van der Waals surface area contributed by atoms with Crippen LogP contribution in [0.1, 0.15) is 40.6 Å². The molecule has 1 aromatic carbocycles. The van der Waals surface area contributed by atoms with E-state index in [1.54, 1.807) is 41.1 Å². The molecule has 1 unspecified atom stereocenters. The first-order valence-electron chi connectivity index (χ1n) is 10.6. The molecule has 0 bridgehead atoms. The Labute approximate surface area is 190 Å². The average Bonchev–Trinajstić information content (AvgIpc) is 3.22. The lowest BCUT2D eigenvalue weighted by Gasteiger charge is -2.32. The van der Waals surface area contributed by atoms with Crippen molar-refractivity contribution >= 4 is 23.2 Å². The topological polar surface area (TPSA) is 50.5 Å². The number of benzene rings is 1. The molecule has 162 valence electrons. The van der Waals surface area contributed by atoms with Gasteiger partial charge < -0.3 is 9.30 Å². The second-order valence-electron chi connectivity index (χ2n) is 8.26. The first-order valence-corrected chi connectivity index (χ1v) is 11.0. The third-order valence-electron chi connectivity index (χ3n) is 5.91. The number of fused-ring (bicyclic) bond motifs is 1. The largest absolute Gasteiger partial charge is 0.337 e. The number of hydrogen-bond donors (Lipinski definition) is 0. The van der Waals surface area contributed by atoms with Crippen LogP contribution >= 0.6 is 11.6 Å². The predicted octanol–water partition coefficient (Wildman–Crippen LogP) is 5.52. The second kappa shape index (κ2) is 8.36. The van der Waals surface area contributed by atoms with E-state index in [-0.39, 0.29) is 17.6 Å². The molecule has 0 spiro atoms. The van der Waals surface area contributed by atoms with E-state index in [1.807, 2.05) is 17.9 Å². The normalized spacial score (nSPS) is 16.5. The summed E-state index contributed by atoms with van der Waals surface area (Å²) in [5, 5.41) is 0.592. The Morgan fingerprint density at radius 1 is 1.06 bits per heavy atom. The summed E-state index contributed by atoms with van der Waals surface area (Å²) in [6.45, 7) is 3.25. The van der Waals surface area contributed by atoms with Gasteiger partial charge in [0.2, 0.25) is 0 Å². The lowest BCUT2D eigenvalue weighted by Crippen LogP contribution is -2.39. The van der Waals surface area contributed by atoms with Crippen molar-refractivity contribution in [1.29, 1.82) is 0 Å². The molecule has 4 heterocycles. The number of rotatable bonds is 3. The summed E-state index contributed by atoms with van der Waals surface area (Å²) < 4.78 is 15.1. The molecule has 1 amide bonds. The van der Waals surface area contributed by atoms with Gasteiger partial charge in [-0.3, -0.25) is 9.78 Å². The fraction of sp³-hybridized carbons (Fsp3) is 0.240. The van der Waals surface area contributed by atoms with E-state index in [9.17, 15) is 9.18 Å². The number of aromatic nitrogens is 3. The Morgan fingerprint density at radius 2 is 1.88 bits per heavy atom. The lowest BCUT2D eigenvalue weighted by molar-refractivity contribution is 0.0700. The molecule has 3 aromatic heterocycles. The van der Waals surface area contributed by atoms with Crippen LogP contribution in [0.25, 0.3) is 16.8 Å². The van der Waals surface area contributed by atoms with Crippen molar-refractivity contribution in [1.82, 2.24) is 19.3 Å². The van der Waals surface area contributed by atoms with Crippen molar-refractivity contribution in [3.8, 4) is 11.1 Å². The number of hydrogen-bond acceptors (Lipinski definition) is 3. The number of carbonyl (C=O) groups excluding carboxylic acids is 1. The highest BCUT2D eigenvalue weighted by atomic mass is 35.5. The van der Waals surface area contributed by atoms with Crippen LogP contribution in [0.4, 0.5) is 4.39 Å². The minimum Gasteiger partial charge on any atom is -0.337 e. The van der Waals surface area contributed by atoms with E-state index in [4.69, 9.17) is 16.6 Å². The molecule has 1 atom stereocenters. The summed E-state index contributed by atoms with van der Waals surface area (Å²) in [7, 11) is 0. The van der Waals surface area contributed by atoms with E-state index in [1.165, 1.54) is 12.1 Å². The quantitative estimate of drug-likeness (QED) is 0.415. The Morgan fingerprint density at radius 3 is 2.69 bits per heavy atom. The zero-order valence-electron chi connectivity index (χ0n) is 17.6. The SMILES string of the molecule is Cc1cc(-c2ccc(F)cc2)cc(C2CCCN(C(=O)c3cn4cc(Cl)ccc4n3)C2)n1. The number of imidazole rings is 1. The molecule has 0 aliphatic carbocycles. The lowest BCUT2D eigenvalue weighted by atomic mass is 9.92. The third kappa shape index (κ3) is 4.10. The second-order valence-corrected chi connectivity index (χ2v) is 8.69. The maximum Gasteiger partial charge on any atom is 0.274 e. The molecule has 0 radical (unpaired) electrons. The van der Waals surface area contributed by atoms with E-state index in [0.717, 1.165) is 35.4 Å². The summed E-state index contributed by atoms with van der Waals surface area (Å²) in [5.41, 5.74) is 4.93. The zero-order valence-corrected chi connectivity index (χ0v) is 18.4. The van der Waals surface area contributed by atoms with Gasteiger partial charge in [0.05, 0.1) is 5.02 Å². The van der Waals surface area contributed by atoms with Crippen molar-refractivity contribution in [2.45, 2.75) is 25.7 Å². The molecular formula is C25H22ClFN4O. The van der Waals surface area contributed by atoms with Gasteiger partial charge in [-0.1, -0.05) is 23.7 Å². The van der Waals surface area contributed by atoms with Crippen molar-refractivity contribution in [3.05, 3.63) is 88.8 Å². The monoisotopic (exact) mass is 448 g/mol. The smallest absolute Gasteiger partial charge is 0.274 e. The van der Waals surface area contributed by atoms with Gasteiger partial charge in [-0.25, -0.2) is 9.37 Å². The molecule has 1 fully saturated rings. The third-order valence-corrected chi connectivity index (χ3v) is 6.14. The van der Waals surface area contributed by atoms with Crippen molar-refractivity contribution in [2.75, 3.05) is 13.1 Å². The van der Waals surface area contributed by atoms with E-state index in [0.29, 0.717) is 29.5 Å². The summed E-state index contributed by atoms with van der Waals surface area (Å²) >= 11 is 6.05. The van der Waals surface area contributed by atoms with Crippen molar-refractivity contribution < 1.29 is 9.18 Å². The number of amides is 1. The Kier molecular flexibility index (Phi) is 5.39. The molecule has 0 saturated carbocycles. The number of halogens is 2. The Hall–Kier alpha value is -3.25. The molecule has 5 rings (SSSR count). The van der Waals surface area contributed by atoms with Crippen LogP contribution in [0.5, 0.6) is 0 Å². The Bertz CT molecular complexity index is 1300. The van der Waals surface area contributed by atoms with Gasteiger partial charge in [0.15, 0.2) is 0 Å². The molecule has 1 saturated heterocycles. The van der Waals surface area contributed by atoms with Crippen molar-refractivity contribution in [2.24, 2.45) is 0 Å². The number of pyridine rings is 2. The van der Waals surface area contributed by atoms with Crippen LogP contribution in [0.3, 0.4) is 0 Å². The number of piperidine rings is 1. The fourth-order valence-corrected chi connectivity index (χ4v) is 4.51. The summed E-state index contributed by atoms with van der Waals surface area (Å²) in [6, 6.07) is 14.1. The van der Waals surface area contributed by atoms with Crippen LogP contribution < -0.4 is 0 Å². The maximum atomic E-state index is 13.3. The van der Waals surface area contributed by atoms with Gasteiger partial charge in [-0.15, -0.1) is 0 Å².